The summed E-state index contributed by atoms with van der Waals surface area (Å²) in [7, 11) is 0. The van der Waals surface area contributed by atoms with Crippen LogP contribution in [0.4, 0.5) is 5.69 Å². The van der Waals surface area contributed by atoms with Crippen molar-refractivity contribution >= 4 is 75.9 Å². The summed E-state index contributed by atoms with van der Waals surface area (Å²) in [5.41, 5.74) is 7.93. The average Bonchev–Trinajstić information content (AvgIpc) is 3.97. The summed E-state index contributed by atoms with van der Waals surface area (Å²) in [5, 5.41) is 8.97. The Morgan fingerprint density at radius 2 is 1.14 bits per heavy atom. The van der Waals surface area contributed by atoms with E-state index in [4.69, 9.17) is 28.8 Å². The third kappa shape index (κ3) is 5.11. The van der Waals surface area contributed by atoms with Gasteiger partial charge in [0, 0.05) is 58.6 Å². The molecular weight excluding hydrogens is 723 g/mol. The van der Waals surface area contributed by atoms with E-state index in [1.165, 1.54) is 14.8 Å². The van der Waals surface area contributed by atoms with Gasteiger partial charge in [0.25, 0.3) is 0 Å². The van der Waals surface area contributed by atoms with Gasteiger partial charge in [-0.3, -0.25) is 0 Å². The number of hydrogen-bond acceptors (Lipinski definition) is 8. The van der Waals surface area contributed by atoms with Crippen molar-refractivity contribution in [3.63, 3.8) is 0 Å². The first-order valence-corrected chi connectivity index (χ1v) is 19.6. The van der Waals surface area contributed by atoms with Crippen LogP contribution in [0.1, 0.15) is 22.9 Å². The number of aromatic nitrogens is 3. The molecule has 0 fully saturated rings. The van der Waals surface area contributed by atoms with Crippen molar-refractivity contribution in [2.75, 3.05) is 0 Å². The van der Waals surface area contributed by atoms with Gasteiger partial charge in [0.1, 0.15) is 34.3 Å². The molecule has 1 aliphatic rings. The summed E-state index contributed by atoms with van der Waals surface area (Å²) in [6.07, 6.45) is 0. The van der Waals surface area contributed by atoms with Gasteiger partial charge in [-0.25, -0.2) is 19.9 Å². The van der Waals surface area contributed by atoms with Crippen LogP contribution >= 0.6 is 11.3 Å². The van der Waals surface area contributed by atoms with Gasteiger partial charge < -0.3 is 14.2 Å². The summed E-state index contributed by atoms with van der Waals surface area (Å²) in [4.78, 5) is 20.7. The second kappa shape index (κ2) is 12.6. The Kier molecular flexibility index (Phi) is 7.02. The van der Waals surface area contributed by atoms with Crippen molar-refractivity contribution in [2.45, 2.75) is 6.04 Å². The minimum atomic E-state index is -0.241. The summed E-state index contributed by atoms with van der Waals surface area (Å²) in [6, 6.07) is 55.5. The fourth-order valence-electron chi connectivity index (χ4n) is 8.19. The Hall–Kier alpha value is -7.42. The molecule has 0 spiro atoms. The zero-order valence-electron chi connectivity index (χ0n) is 30.2. The minimum absolute atomic E-state index is 0.241. The van der Waals surface area contributed by atoms with E-state index in [0.29, 0.717) is 17.5 Å². The Bertz CT molecular complexity index is 3400. The quantitative estimate of drug-likeness (QED) is 0.188. The van der Waals surface area contributed by atoms with Crippen molar-refractivity contribution in [1.82, 2.24) is 20.3 Å². The number of hydrogen-bond donors (Lipinski definition) is 1. The van der Waals surface area contributed by atoms with Crippen LogP contribution in [0.3, 0.4) is 0 Å². The lowest BCUT2D eigenvalue weighted by molar-refractivity contribution is 0.504. The topological polar surface area (TPSA) is 89.3 Å². The number of nitrogens with one attached hydrogen (secondary N) is 1. The smallest absolute Gasteiger partial charge is 0.164 e. The number of amidine groups is 1. The molecule has 8 heteroatoms. The van der Waals surface area contributed by atoms with E-state index in [9.17, 15) is 0 Å². The van der Waals surface area contributed by atoms with Crippen LogP contribution < -0.4 is 5.32 Å². The highest BCUT2D eigenvalue weighted by molar-refractivity contribution is 7.25. The van der Waals surface area contributed by atoms with E-state index in [2.05, 4.69) is 90.2 Å². The Morgan fingerprint density at radius 1 is 0.474 bits per heavy atom. The maximum atomic E-state index is 6.52. The largest absolute Gasteiger partial charge is 0.456 e. The number of para-hydroxylation sites is 1. The standard InChI is InChI=1S/C49H29N5O2S/c1-3-13-28(14-4-1)43-45-44(31-17-7-9-21-36(31)56-45)51-48(50-43)33-19-11-22-38-41(33)35-27-30(25-26-37(35)55-38)47-52-46(29-15-5-2-6-16-29)53-49(54-47)34-20-12-24-40-42(34)32-18-8-10-23-39(32)57-40/h1-27,43H,(H,50,51). The molecule has 12 rings (SSSR count). The Balaban J connectivity index is 1.06. The molecule has 11 aromatic rings. The average molecular weight is 752 g/mol. The summed E-state index contributed by atoms with van der Waals surface area (Å²) in [5.74, 6) is 3.36. The second-order valence-electron chi connectivity index (χ2n) is 14.2. The number of rotatable bonds is 5. The lowest BCUT2D eigenvalue weighted by Gasteiger charge is -2.24. The first kappa shape index (κ1) is 31.9. The van der Waals surface area contributed by atoms with Crippen LogP contribution in [0, 0.1) is 0 Å². The van der Waals surface area contributed by atoms with Gasteiger partial charge in [-0.2, -0.15) is 0 Å². The molecule has 0 aliphatic carbocycles. The van der Waals surface area contributed by atoms with Crippen LogP contribution in [0.25, 0.3) is 87.2 Å². The summed E-state index contributed by atoms with van der Waals surface area (Å²) < 4.78 is 15.4. The van der Waals surface area contributed by atoms with E-state index >= 15 is 0 Å². The molecule has 4 aromatic heterocycles. The van der Waals surface area contributed by atoms with Crippen LogP contribution in [-0.4, -0.2) is 20.8 Å². The van der Waals surface area contributed by atoms with Crippen LogP contribution in [0.15, 0.2) is 178 Å². The van der Waals surface area contributed by atoms with Crippen molar-refractivity contribution in [2.24, 2.45) is 4.99 Å². The van der Waals surface area contributed by atoms with Gasteiger partial charge in [0.15, 0.2) is 23.2 Å². The fraction of sp³-hybridized carbons (Fsp3) is 0.0204. The van der Waals surface area contributed by atoms with Crippen molar-refractivity contribution in [1.29, 1.82) is 0 Å². The van der Waals surface area contributed by atoms with Crippen molar-refractivity contribution in [3.8, 4) is 34.2 Å². The molecule has 0 bridgehead atoms. The predicted molar refractivity (Wildman–Crippen MR) is 230 cm³/mol. The second-order valence-corrected chi connectivity index (χ2v) is 15.3. The van der Waals surface area contributed by atoms with Crippen molar-refractivity contribution in [3.05, 3.63) is 181 Å². The molecule has 57 heavy (non-hydrogen) atoms. The zero-order valence-corrected chi connectivity index (χ0v) is 31.0. The van der Waals surface area contributed by atoms with Gasteiger partial charge in [-0.05, 0) is 54.1 Å². The molecule has 1 aliphatic heterocycles. The number of benzene rings is 7. The third-order valence-electron chi connectivity index (χ3n) is 10.8. The first-order valence-electron chi connectivity index (χ1n) is 18.8. The molecule has 7 aromatic carbocycles. The van der Waals surface area contributed by atoms with E-state index in [1.54, 1.807) is 11.3 Å². The molecule has 268 valence electrons. The minimum Gasteiger partial charge on any atom is -0.456 e. The molecule has 5 heterocycles. The molecule has 0 saturated carbocycles. The van der Waals surface area contributed by atoms with Crippen LogP contribution in [0.5, 0.6) is 0 Å². The van der Waals surface area contributed by atoms with Gasteiger partial charge in [-0.1, -0.05) is 115 Å². The highest BCUT2D eigenvalue weighted by atomic mass is 32.1. The van der Waals surface area contributed by atoms with Gasteiger partial charge >= 0.3 is 0 Å². The lowest BCUT2D eigenvalue weighted by Crippen LogP contribution is -2.32. The maximum absolute atomic E-state index is 6.52. The lowest BCUT2D eigenvalue weighted by atomic mass is 9.98. The van der Waals surface area contributed by atoms with Crippen LogP contribution in [0.2, 0.25) is 0 Å². The first-order chi connectivity index (χ1) is 28.2. The fourth-order valence-corrected chi connectivity index (χ4v) is 9.32. The molecule has 7 nitrogen and oxygen atoms in total. The van der Waals surface area contributed by atoms with E-state index in [1.807, 2.05) is 78.9 Å². The normalized spacial score (nSPS) is 14.0. The van der Waals surface area contributed by atoms with Crippen LogP contribution in [-0.2, 0) is 0 Å². The summed E-state index contributed by atoms with van der Waals surface area (Å²) >= 11 is 1.78. The van der Waals surface area contributed by atoms with E-state index in [-0.39, 0.29) is 6.04 Å². The van der Waals surface area contributed by atoms with Crippen molar-refractivity contribution < 1.29 is 8.83 Å². The van der Waals surface area contributed by atoms with Gasteiger partial charge in [-0.15, -0.1) is 11.3 Å². The predicted octanol–water partition coefficient (Wildman–Crippen LogP) is 12.7. The number of thiophene rings is 1. The summed E-state index contributed by atoms with van der Waals surface area (Å²) in [6.45, 7) is 0. The number of nitrogens with zero attached hydrogens (tertiary/aromatic N) is 4. The Morgan fingerprint density at radius 3 is 2.02 bits per heavy atom. The van der Waals surface area contributed by atoms with Gasteiger partial charge in [0.05, 0.1) is 0 Å². The monoisotopic (exact) mass is 751 g/mol. The third-order valence-corrected chi connectivity index (χ3v) is 12.0. The molecule has 0 amide bonds. The SMILES string of the molecule is c1ccc(-c2nc(-c3ccc4oc5cccc(C6=Nc7c(oc8ccccc78)C(c7ccccc7)N6)c5c4c3)nc(-c3cccc4sc5ccccc5c34)n2)cc1. The molecule has 1 N–H and O–H groups in total. The highest BCUT2D eigenvalue weighted by Crippen LogP contribution is 2.44. The molecule has 1 atom stereocenters. The van der Waals surface area contributed by atoms with E-state index in [0.717, 1.165) is 83.4 Å². The number of furan rings is 2. The van der Waals surface area contributed by atoms with Gasteiger partial charge in [0.2, 0.25) is 0 Å². The Labute approximate surface area is 329 Å². The zero-order chi connectivity index (χ0) is 37.5. The number of aliphatic imine (C=N–C) groups is 1. The molecule has 1 unspecified atom stereocenters. The molecule has 0 radical (unpaired) electrons. The molecule has 0 saturated heterocycles. The van der Waals surface area contributed by atoms with E-state index < -0.39 is 0 Å². The highest BCUT2D eigenvalue weighted by Gasteiger charge is 2.31. The number of fused-ring (bicyclic) bond motifs is 9. The molecular formula is C49H29N5O2S. The maximum Gasteiger partial charge on any atom is 0.164 e.